The van der Waals surface area contributed by atoms with Crippen LogP contribution in [0.1, 0.15) is 140 Å². The molecule has 14 nitrogen and oxygen atoms in total. The quantitative estimate of drug-likeness (QED) is 0.148. The van der Waals surface area contributed by atoms with Crippen LogP contribution < -0.4 is 10.6 Å². The average molecular weight is 861 g/mol. The van der Waals surface area contributed by atoms with Gasteiger partial charge in [-0.2, -0.15) is 0 Å². The van der Waals surface area contributed by atoms with Crippen LogP contribution in [0.15, 0.2) is 59.0 Å². The third-order valence-corrected chi connectivity index (χ3v) is 12.4. The molecule has 2 aliphatic carbocycles. The third kappa shape index (κ3) is 11.7. The lowest BCUT2D eigenvalue weighted by atomic mass is 9.83. The number of hydrogen-bond acceptors (Lipinski definition) is 8. The minimum absolute atomic E-state index is 0.108. The Morgan fingerprint density at radius 3 is 1.89 bits per heavy atom. The molecule has 2 fully saturated rings. The van der Waals surface area contributed by atoms with Crippen molar-refractivity contribution in [3.05, 3.63) is 82.0 Å². The molecule has 0 radical (unpaired) electrons. The number of likely N-dealkylation sites (tertiary alicyclic amines) is 2. The zero-order valence-electron chi connectivity index (χ0n) is 37.9. The van der Waals surface area contributed by atoms with E-state index in [1.165, 1.54) is 25.4 Å². The van der Waals surface area contributed by atoms with E-state index in [0.717, 1.165) is 81.8 Å². The van der Waals surface area contributed by atoms with Crippen LogP contribution in [0.25, 0.3) is 0 Å². The summed E-state index contributed by atoms with van der Waals surface area (Å²) in [5.74, 6) is 14.9. The summed E-state index contributed by atoms with van der Waals surface area (Å²) in [4.78, 5) is 70.9. The number of methoxy groups -OCH3 is 2. The maximum Gasteiger partial charge on any atom is 0.407 e. The number of carbonyl (C=O) groups excluding carboxylic acids is 4. The van der Waals surface area contributed by atoms with E-state index in [4.69, 9.17) is 9.47 Å². The highest BCUT2D eigenvalue weighted by Gasteiger charge is 2.39. The van der Waals surface area contributed by atoms with E-state index in [-0.39, 0.29) is 35.7 Å². The van der Waals surface area contributed by atoms with E-state index < -0.39 is 24.3 Å². The van der Waals surface area contributed by atoms with Crippen LogP contribution in [0.3, 0.4) is 0 Å². The molecule has 0 bridgehead atoms. The van der Waals surface area contributed by atoms with Gasteiger partial charge >= 0.3 is 12.2 Å². The van der Waals surface area contributed by atoms with Crippen molar-refractivity contribution in [2.45, 2.75) is 129 Å². The van der Waals surface area contributed by atoms with Crippen molar-refractivity contribution in [3.8, 4) is 23.7 Å². The van der Waals surface area contributed by atoms with Crippen LogP contribution >= 0.6 is 0 Å². The Morgan fingerprint density at radius 2 is 1.37 bits per heavy atom. The number of nitrogens with zero attached hydrogens (tertiary/aromatic N) is 4. The standard InChI is InChI=1S/C49H64N8O6/c1-8-13-34-20-18-33(28-37(34)23-25-39-30-51-45(53-39)41-17-12-27-57(41)47(59)43(32(4)5)55-49(61)63-7)19-21-35-14-9-10-15-36(35)22-24-38-29-50-44(52-38)40-16-11-26-56(40)46(58)42(31(2)3)54-48(60)62-6/h9,14,18,28-32,34,40-43H,8,10-13,15-17,19-21,26-27H2,1-7H3,(H,50,52)(H,51,53)(H,54,60)(H,55,61)/t34-,40-,41-,42-,43-/m0/s1. The first-order valence-electron chi connectivity index (χ1n) is 22.6. The van der Waals surface area contributed by atoms with Crippen LogP contribution in [0, 0.1) is 41.4 Å². The summed E-state index contributed by atoms with van der Waals surface area (Å²) in [6, 6.07) is -1.82. The highest BCUT2D eigenvalue weighted by atomic mass is 16.5. The largest absolute Gasteiger partial charge is 0.453 e. The number of imidazole rings is 2. The fourth-order valence-electron chi connectivity index (χ4n) is 8.91. The molecular formula is C49H64N8O6. The summed E-state index contributed by atoms with van der Waals surface area (Å²) in [6.07, 6.45) is 21.2. The molecular weight excluding hydrogens is 797 g/mol. The molecule has 0 spiro atoms. The monoisotopic (exact) mass is 860 g/mol. The number of allylic oxidation sites excluding steroid dienone is 8. The summed E-state index contributed by atoms with van der Waals surface area (Å²) in [5, 5.41) is 5.41. The molecule has 6 rings (SSSR count). The van der Waals surface area contributed by atoms with Gasteiger partial charge in [0.25, 0.3) is 0 Å². The van der Waals surface area contributed by atoms with Gasteiger partial charge in [0, 0.05) is 24.2 Å². The zero-order valence-corrected chi connectivity index (χ0v) is 37.9. The van der Waals surface area contributed by atoms with Gasteiger partial charge in [-0.15, -0.1) is 0 Å². The maximum absolute atomic E-state index is 13.6. The SMILES string of the molecule is CCC[C@H]1CC=C(CCC2=C(C#Cc3cnc([C@@H]4CCCN4C(=O)[C@@H](NC(=O)OC)C(C)C)[nH]3)CCC=C2)C=C1C#Cc1cnc([C@@H]2CCCN2C(=O)[C@@H](NC(=O)OC)C(C)C)[nH]1. The Balaban J connectivity index is 1.11. The van der Waals surface area contributed by atoms with E-state index in [1.807, 2.05) is 32.6 Å². The second kappa shape index (κ2) is 21.9. The number of hydrogen-bond donors (Lipinski definition) is 4. The zero-order chi connectivity index (χ0) is 45.0. The molecule has 63 heavy (non-hydrogen) atoms. The lowest BCUT2D eigenvalue weighted by Gasteiger charge is -2.29. The molecule has 14 heteroatoms. The molecule has 4 N–H and O–H groups in total. The van der Waals surface area contributed by atoms with E-state index in [2.05, 4.69) is 85.5 Å². The first kappa shape index (κ1) is 46.5. The number of alkyl carbamates (subject to hydrolysis) is 2. The molecule has 4 amide bonds. The summed E-state index contributed by atoms with van der Waals surface area (Å²) in [6.45, 7) is 11.0. The predicted molar refractivity (Wildman–Crippen MR) is 240 cm³/mol. The van der Waals surface area contributed by atoms with Crippen molar-refractivity contribution in [2.75, 3.05) is 27.3 Å². The maximum atomic E-state index is 13.6. The summed E-state index contributed by atoms with van der Waals surface area (Å²) >= 11 is 0. The van der Waals surface area contributed by atoms with Crippen LogP contribution in [0.4, 0.5) is 9.59 Å². The van der Waals surface area contributed by atoms with Gasteiger partial charge < -0.3 is 39.9 Å². The second-order valence-electron chi connectivity index (χ2n) is 17.5. The lowest BCUT2D eigenvalue weighted by molar-refractivity contribution is -0.136. The van der Waals surface area contributed by atoms with Gasteiger partial charge in [0.2, 0.25) is 11.8 Å². The minimum Gasteiger partial charge on any atom is -0.453 e. The topological polar surface area (TPSA) is 175 Å². The van der Waals surface area contributed by atoms with Crippen molar-refractivity contribution in [3.63, 3.8) is 0 Å². The first-order valence-corrected chi connectivity index (χ1v) is 22.6. The van der Waals surface area contributed by atoms with Gasteiger partial charge in [0.05, 0.1) is 38.7 Å². The van der Waals surface area contributed by atoms with Gasteiger partial charge in [-0.25, -0.2) is 19.6 Å². The fourth-order valence-corrected chi connectivity index (χ4v) is 8.91. The highest BCUT2D eigenvalue weighted by molar-refractivity contribution is 5.87. The minimum atomic E-state index is -0.692. The molecule has 0 unspecified atom stereocenters. The van der Waals surface area contributed by atoms with Crippen LogP contribution in [-0.4, -0.2) is 93.1 Å². The number of ether oxygens (including phenoxy) is 2. The first-order chi connectivity index (χ1) is 30.4. The van der Waals surface area contributed by atoms with Gasteiger partial charge in [-0.3, -0.25) is 9.59 Å². The Kier molecular flexibility index (Phi) is 16.1. The molecule has 2 aromatic heterocycles. The Bertz CT molecular complexity index is 2240. The molecule has 0 aromatic carbocycles. The fraction of sp³-hybridized carbons (Fsp3) is 0.551. The second-order valence-corrected chi connectivity index (χ2v) is 17.5. The molecule has 4 heterocycles. The van der Waals surface area contributed by atoms with Crippen LogP contribution in [0.5, 0.6) is 0 Å². The van der Waals surface area contributed by atoms with Gasteiger partial charge in [-0.1, -0.05) is 76.7 Å². The number of rotatable bonds is 13. The number of H-pyrrole nitrogens is 2. The number of nitrogens with one attached hydrogen (secondary N) is 4. The number of carbonyl (C=O) groups is 4. The smallest absolute Gasteiger partial charge is 0.407 e. The van der Waals surface area contributed by atoms with Crippen LogP contribution in [-0.2, 0) is 19.1 Å². The van der Waals surface area contributed by atoms with Crippen molar-refractivity contribution in [2.24, 2.45) is 17.8 Å². The van der Waals surface area contributed by atoms with Gasteiger partial charge in [0.1, 0.15) is 35.1 Å². The van der Waals surface area contributed by atoms with Crippen molar-refractivity contribution in [1.29, 1.82) is 0 Å². The molecule has 2 aromatic rings. The van der Waals surface area contributed by atoms with Crippen molar-refractivity contribution < 1.29 is 28.7 Å². The molecule has 2 saturated heterocycles. The molecule has 0 saturated carbocycles. The third-order valence-electron chi connectivity index (χ3n) is 12.4. The number of aromatic nitrogens is 4. The summed E-state index contributed by atoms with van der Waals surface area (Å²) in [7, 11) is 2.59. The van der Waals surface area contributed by atoms with Gasteiger partial charge in [-0.05, 0) is 105 Å². The molecule has 5 atom stereocenters. The van der Waals surface area contributed by atoms with Gasteiger partial charge in [0.15, 0.2) is 0 Å². The Hall–Kier alpha value is -6.02. The molecule has 4 aliphatic rings. The highest BCUT2D eigenvalue weighted by Crippen LogP contribution is 2.34. The Labute approximate surface area is 372 Å². The summed E-state index contributed by atoms with van der Waals surface area (Å²) < 4.78 is 9.55. The van der Waals surface area contributed by atoms with E-state index in [0.29, 0.717) is 42.0 Å². The summed E-state index contributed by atoms with van der Waals surface area (Å²) in [5.41, 5.74) is 6.17. The van der Waals surface area contributed by atoms with E-state index in [1.54, 1.807) is 17.3 Å². The lowest BCUT2D eigenvalue weighted by Crippen LogP contribution is -2.51. The number of aromatic amines is 2. The average Bonchev–Trinajstić information content (AvgIpc) is 4.13. The molecule has 336 valence electrons. The predicted octanol–water partition coefficient (Wildman–Crippen LogP) is 7.72. The van der Waals surface area contributed by atoms with Crippen molar-refractivity contribution >= 4 is 24.0 Å². The Morgan fingerprint density at radius 1 is 0.810 bits per heavy atom. The van der Waals surface area contributed by atoms with E-state index in [9.17, 15) is 19.2 Å². The van der Waals surface area contributed by atoms with Crippen LogP contribution in [0.2, 0.25) is 0 Å². The normalized spacial score (nSPS) is 20.6. The molecule has 2 aliphatic heterocycles. The number of amides is 4. The van der Waals surface area contributed by atoms with Crippen molar-refractivity contribution in [1.82, 2.24) is 40.4 Å². The van der Waals surface area contributed by atoms with E-state index >= 15 is 0 Å².